The Labute approximate surface area is 198 Å². The highest BCUT2D eigenvalue weighted by Gasteiger charge is 2.55. The van der Waals surface area contributed by atoms with E-state index in [9.17, 15) is 19.1 Å². The number of halogens is 2. The number of amides is 2. The van der Waals surface area contributed by atoms with Crippen LogP contribution in [0.1, 0.15) is 46.0 Å². The average Bonchev–Trinajstić information content (AvgIpc) is 2.75. The minimum absolute atomic E-state index is 0.00903. The number of ether oxygens (including phenoxy) is 1. The van der Waals surface area contributed by atoms with Gasteiger partial charge in [0.15, 0.2) is 6.61 Å². The fourth-order valence-electron chi connectivity index (χ4n) is 5.43. The first-order valence-electron chi connectivity index (χ1n) is 11.5. The zero-order valence-corrected chi connectivity index (χ0v) is 19.7. The number of benzene rings is 1. The molecule has 1 aromatic carbocycles. The van der Waals surface area contributed by atoms with E-state index in [4.69, 9.17) is 16.3 Å². The Morgan fingerprint density at radius 1 is 1.24 bits per heavy atom. The summed E-state index contributed by atoms with van der Waals surface area (Å²) < 4.78 is 18.9. The van der Waals surface area contributed by atoms with Crippen LogP contribution in [0.15, 0.2) is 18.2 Å². The maximum absolute atomic E-state index is 13.5. The van der Waals surface area contributed by atoms with Gasteiger partial charge in [-0.25, -0.2) is 4.39 Å². The van der Waals surface area contributed by atoms with Crippen LogP contribution in [0.25, 0.3) is 0 Å². The molecule has 8 nitrogen and oxygen atoms in total. The van der Waals surface area contributed by atoms with Gasteiger partial charge in [0.2, 0.25) is 5.91 Å². The van der Waals surface area contributed by atoms with Crippen molar-refractivity contribution < 1.29 is 23.8 Å². The fraction of sp³-hybridized carbons (Fsp3) is 0.652. The summed E-state index contributed by atoms with van der Waals surface area (Å²) in [4.78, 5) is 25.5. The molecule has 0 spiro atoms. The van der Waals surface area contributed by atoms with Gasteiger partial charge < -0.3 is 31.1 Å². The van der Waals surface area contributed by atoms with Crippen molar-refractivity contribution >= 4 is 23.4 Å². The molecule has 1 aliphatic heterocycles. The molecule has 3 aliphatic carbocycles. The summed E-state index contributed by atoms with van der Waals surface area (Å²) in [6, 6.07) is 3.97. The zero-order chi connectivity index (χ0) is 23.8. The van der Waals surface area contributed by atoms with E-state index in [0.717, 1.165) is 12.6 Å². The van der Waals surface area contributed by atoms with Gasteiger partial charge in [0.1, 0.15) is 17.6 Å². The van der Waals surface area contributed by atoms with Crippen molar-refractivity contribution in [3.63, 3.8) is 0 Å². The molecular weight excluding hydrogens is 451 g/mol. The topological polar surface area (TPSA) is 112 Å². The van der Waals surface area contributed by atoms with Gasteiger partial charge in [-0.1, -0.05) is 11.6 Å². The monoisotopic (exact) mass is 482 g/mol. The van der Waals surface area contributed by atoms with Gasteiger partial charge in [0.05, 0.1) is 16.7 Å². The van der Waals surface area contributed by atoms with Crippen molar-refractivity contribution in [2.24, 2.45) is 0 Å². The van der Waals surface area contributed by atoms with Crippen LogP contribution in [-0.2, 0) is 9.59 Å². The second-order valence-corrected chi connectivity index (χ2v) is 10.2. The molecule has 0 aromatic heterocycles. The first kappa shape index (κ1) is 24.2. The highest BCUT2D eigenvalue weighted by molar-refractivity contribution is 6.30. The summed E-state index contributed by atoms with van der Waals surface area (Å²) in [6.07, 6.45) is 2.05. The van der Waals surface area contributed by atoms with E-state index in [-0.39, 0.29) is 41.3 Å². The predicted octanol–water partition coefficient (Wildman–Crippen LogP) is 1.24. The highest BCUT2D eigenvalue weighted by Crippen LogP contribution is 2.47. The summed E-state index contributed by atoms with van der Waals surface area (Å²) in [5.41, 5.74) is -1.21. The van der Waals surface area contributed by atoms with Crippen LogP contribution in [0, 0.1) is 5.82 Å². The number of aliphatic hydroxyl groups is 1. The first-order valence-corrected chi connectivity index (χ1v) is 11.9. The number of nitrogens with one attached hydrogen (secondary N) is 4. The van der Waals surface area contributed by atoms with E-state index in [1.807, 2.05) is 6.92 Å². The van der Waals surface area contributed by atoms with Gasteiger partial charge in [0.25, 0.3) is 5.91 Å². The summed E-state index contributed by atoms with van der Waals surface area (Å²) in [5.74, 6) is -0.863. The molecule has 4 fully saturated rings. The van der Waals surface area contributed by atoms with Gasteiger partial charge in [0, 0.05) is 30.2 Å². The molecule has 182 valence electrons. The van der Waals surface area contributed by atoms with Crippen molar-refractivity contribution in [1.82, 2.24) is 21.3 Å². The molecule has 33 heavy (non-hydrogen) atoms. The maximum atomic E-state index is 13.5. The number of aliphatic hydroxyl groups excluding tert-OH is 1. The van der Waals surface area contributed by atoms with Gasteiger partial charge in [-0.05, 0) is 58.1 Å². The van der Waals surface area contributed by atoms with Crippen LogP contribution in [-0.4, -0.2) is 65.4 Å². The number of carbonyl (C=O) groups excluding carboxylic acids is 2. The largest absolute Gasteiger partial charge is 0.484 e. The van der Waals surface area contributed by atoms with Crippen molar-refractivity contribution in [2.45, 2.75) is 81.3 Å². The second kappa shape index (κ2) is 9.37. The van der Waals surface area contributed by atoms with Crippen LogP contribution in [0.5, 0.6) is 5.75 Å². The van der Waals surface area contributed by atoms with Crippen LogP contribution in [0.2, 0.25) is 5.02 Å². The molecule has 1 heterocycles. The lowest BCUT2D eigenvalue weighted by Gasteiger charge is -2.56. The average molecular weight is 483 g/mol. The zero-order valence-electron chi connectivity index (χ0n) is 18.9. The second-order valence-electron chi connectivity index (χ2n) is 9.80. The lowest BCUT2D eigenvalue weighted by atomic mass is 9.59. The Balaban J connectivity index is 1.31. The number of carbonyl (C=O) groups is 2. The summed E-state index contributed by atoms with van der Waals surface area (Å²) >= 11 is 5.66. The Bertz CT molecular complexity index is 908. The van der Waals surface area contributed by atoms with Crippen LogP contribution >= 0.6 is 11.6 Å². The molecule has 10 heteroatoms. The number of hydrogen-bond acceptors (Lipinski definition) is 6. The minimum Gasteiger partial charge on any atom is -0.484 e. The van der Waals surface area contributed by atoms with Gasteiger partial charge in [-0.2, -0.15) is 0 Å². The predicted molar refractivity (Wildman–Crippen MR) is 122 cm³/mol. The number of hydrogen-bond donors (Lipinski definition) is 5. The normalized spacial score (nSPS) is 35.7. The van der Waals surface area contributed by atoms with Crippen molar-refractivity contribution in [3.05, 3.63) is 29.0 Å². The lowest BCUT2D eigenvalue weighted by Crippen LogP contribution is -2.72. The Hall–Kier alpha value is -1.94. The SMILES string of the molecule is CC1CNC(C(=O)NC23CCC(NC(=O)COc4ccc(Cl)c(F)c4)(CC2)C(O)C3)C(C)N1. The molecule has 1 saturated heterocycles. The molecule has 1 aromatic rings. The summed E-state index contributed by atoms with van der Waals surface area (Å²) in [5, 5.41) is 23.8. The molecule has 4 unspecified atom stereocenters. The third kappa shape index (κ3) is 5.11. The van der Waals surface area contributed by atoms with Crippen molar-refractivity contribution in [1.29, 1.82) is 0 Å². The van der Waals surface area contributed by atoms with Gasteiger partial charge in [-0.3, -0.25) is 9.59 Å². The van der Waals surface area contributed by atoms with E-state index in [1.165, 1.54) is 12.1 Å². The smallest absolute Gasteiger partial charge is 0.258 e. The van der Waals surface area contributed by atoms with E-state index >= 15 is 0 Å². The maximum Gasteiger partial charge on any atom is 0.258 e. The molecule has 4 aliphatic rings. The van der Waals surface area contributed by atoms with E-state index < -0.39 is 23.0 Å². The molecule has 5 rings (SSSR count). The van der Waals surface area contributed by atoms with E-state index in [0.29, 0.717) is 38.1 Å². The Morgan fingerprint density at radius 2 is 1.97 bits per heavy atom. The van der Waals surface area contributed by atoms with Crippen molar-refractivity contribution in [3.8, 4) is 5.75 Å². The van der Waals surface area contributed by atoms with E-state index in [1.54, 1.807) is 0 Å². The molecule has 2 bridgehead atoms. The quantitative estimate of drug-likeness (QED) is 0.417. The molecule has 0 radical (unpaired) electrons. The molecule has 5 N–H and O–H groups in total. The standard InChI is InChI=1S/C23H32ClFN4O4/c1-13-11-26-20(14(2)27-13)21(32)29-22-5-7-23(8-6-22,18(30)10-22)28-19(31)12-33-15-3-4-16(24)17(25)9-15/h3-4,9,13-14,18,20,26-27,30H,5-8,10-12H2,1-2H3,(H,28,31)(H,29,32). The summed E-state index contributed by atoms with van der Waals surface area (Å²) in [6.45, 7) is 4.48. The van der Waals surface area contributed by atoms with Crippen LogP contribution in [0.3, 0.4) is 0 Å². The Morgan fingerprint density at radius 3 is 2.61 bits per heavy atom. The third-order valence-corrected chi connectivity index (χ3v) is 7.64. The summed E-state index contributed by atoms with van der Waals surface area (Å²) in [7, 11) is 0. The first-order chi connectivity index (χ1) is 15.6. The van der Waals surface area contributed by atoms with Crippen LogP contribution in [0.4, 0.5) is 4.39 Å². The molecule has 2 amide bonds. The van der Waals surface area contributed by atoms with Gasteiger partial charge in [-0.15, -0.1) is 0 Å². The number of fused-ring (bicyclic) bond motifs is 3. The van der Waals surface area contributed by atoms with Crippen molar-refractivity contribution in [2.75, 3.05) is 13.2 Å². The molecule has 3 saturated carbocycles. The van der Waals surface area contributed by atoms with Crippen LogP contribution < -0.4 is 26.0 Å². The van der Waals surface area contributed by atoms with Gasteiger partial charge >= 0.3 is 0 Å². The fourth-order valence-corrected chi connectivity index (χ4v) is 5.55. The number of rotatable bonds is 6. The number of piperazine rings is 1. The molecule has 4 atom stereocenters. The minimum atomic E-state index is -0.785. The third-order valence-electron chi connectivity index (χ3n) is 7.33. The van der Waals surface area contributed by atoms with E-state index in [2.05, 4.69) is 28.2 Å². The lowest BCUT2D eigenvalue weighted by molar-refractivity contribution is -0.137. The highest BCUT2D eigenvalue weighted by atomic mass is 35.5. The molecular formula is C23H32ClFN4O4. The Kier molecular flexibility index (Phi) is 6.87.